The summed E-state index contributed by atoms with van der Waals surface area (Å²) in [5.74, 6) is -2.35. The highest BCUT2D eigenvalue weighted by molar-refractivity contribution is 9.10. The number of carbonyl (C=O) groups excluding carboxylic acids is 1. The fourth-order valence-corrected chi connectivity index (χ4v) is 1.93. The number of halogens is 3. The number of benzene rings is 1. The molecule has 8 heteroatoms. The van der Waals surface area contributed by atoms with Gasteiger partial charge in [-0.05, 0) is 28.9 Å². The highest BCUT2D eigenvalue weighted by atomic mass is 79.9. The maximum Gasteiger partial charge on any atom is 0.360 e. The van der Waals surface area contributed by atoms with Gasteiger partial charge in [-0.1, -0.05) is 0 Å². The number of hydrogen-bond donors (Lipinski definition) is 1. The largest absolute Gasteiger partial charge is 0.461 e. The number of aromatic nitrogens is 2. The second kappa shape index (κ2) is 5.58. The van der Waals surface area contributed by atoms with E-state index in [1.807, 2.05) is 0 Å². The van der Waals surface area contributed by atoms with E-state index in [9.17, 15) is 13.6 Å². The van der Waals surface area contributed by atoms with Crippen LogP contribution >= 0.6 is 15.9 Å². The van der Waals surface area contributed by atoms with Gasteiger partial charge < -0.3 is 10.5 Å². The van der Waals surface area contributed by atoms with Gasteiger partial charge in [-0.15, -0.1) is 0 Å². The zero-order chi connectivity index (χ0) is 14.9. The average Bonchev–Trinajstić information content (AvgIpc) is 2.76. The van der Waals surface area contributed by atoms with Gasteiger partial charge in [0.25, 0.3) is 0 Å². The number of nitrogens with zero attached hydrogens (tertiary/aromatic N) is 2. The summed E-state index contributed by atoms with van der Waals surface area (Å²) >= 11 is 2.95. The third-order valence-corrected chi connectivity index (χ3v) is 3.13. The van der Waals surface area contributed by atoms with Crippen molar-refractivity contribution in [2.24, 2.45) is 0 Å². The first-order chi connectivity index (χ1) is 9.45. The molecule has 0 bridgehead atoms. The number of nitrogen functional groups attached to an aromatic ring is 1. The van der Waals surface area contributed by atoms with E-state index in [1.165, 1.54) is 12.4 Å². The molecule has 0 radical (unpaired) electrons. The molecule has 0 aliphatic carbocycles. The van der Waals surface area contributed by atoms with Crippen molar-refractivity contribution in [1.29, 1.82) is 0 Å². The van der Waals surface area contributed by atoms with E-state index in [0.717, 1.165) is 4.57 Å². The van der Waals surface area contributed by atoms with Gasteiger partial charge in [0, 0.05) is 6.07 Å². The van der Waals surface area contributed by atoms with Crippen LogP contribution in [0.25, 0.3) is 5.69 Å². The number of rotatable bonds is 3. The van der Waals surface area contributed by atoms with Crippen LogP contribution in [0.4, 0.5) is 14.6 Å². The number of anilines is 1. The predicted octanol–water partition coefficient (Wildman–Crippen LogP) is 2.67. The van der Waals surface area contributed by atoms with Crippen molar-refractivity contribution in [1.82, 2.24) is 9.55 Å². The summed E-state index contributed by atoms with van der Waals surface area (Å²) in [5.41, 5.74) is 5.60. The summed E-state index contributed by atoms with van der Waals surface area (Å²) in [6, 6.07) is 1.92. The van der Waals surface area contributed by atoms with E-state index in [2.05, 4.69) is 20.9 Å². The Morgan fingerprint density at radius 2 is 2.15 bits per heavy atom. The molecule has 0 saturated carbocycles. The van der Waals surface area contributed by atoms with Gasteiger partial charge in [0.2, 0.25) is 0 Å². The third kappa shape index (κ3) is 2.51. The number of imidazole rings is 1. The van der Waals surface area contributed by atoms with Crippen molar-refractivity contribution in [2.75, 3.05) is 12.3 Å². The van der Waals surface area contributed by atoms with Gasteiger partial charge in [-0.25, -0.2) is 18.6 Å². The Bertz CT molecular complexity index is 673. The standard InChI is InChI=1S/C12H10BrF2N3O2/c1-2-20-12(19)10-11(16)18(5-17-10)9-3-6(13)7(14)4-8(9)15/h3-5H,2,16H2,1H3. The summed E-state index contributed by atoms with van der Waals surface area (Å²) in [5, 5.41) is 0. The van der Waals surface area contributed by atoms with Gasteiger partial charge in [-0.3, -0.25) is 4.57 Å². The molecule has 2 N–H and O–H groups in total. The Balaban J connectivity index is 2.50. The maximum atomic E-state index is 13.8. The van der Waals surface area contributed by atoms with Gasteiger partial charge in [0.1, 0.15) is 23.8 Å². The minimum atomic E-state index is -0.829. The van der Waals surface area contributed by atoms with Crippen LogP contribution in [0.3, 0.4) is 0 Å². The topological polar surface area (TPSA) is 70.1 Å². The van der Waals surface area contributed by atoms with Crippen molar-refractivity contribution in [2.45, 2.75) is 6.92 Å². The fraction of sp³-hybridized carbons (Fsp3) is 0.167. The molecule has 0 aliphatic rings. The van der Waals surface area contributed by atoms with E-state index in [1.54, 1.807) is 6.92 Å². The molecule has 0 atom stereocenters. The highest BCUT2D eigenvalue weighted by Gasteiger charge is 2.20. The minimum absolute atomic E-state index is 0.0289. The van der Waals surface area contributed by atoms with E-state index in [4.69, 9.17) is 10.5 Å². The highest BCUT2D eigenvalue weighted by Crippen LogP contribution is 2.25. The lowest BCUT2D eigenvalue weighted by Crippen LogP contribution is -2.10. The van der Waals surface area contributed by atoms with E-state index in [0.29, 0.717) is 6.07 Å². The first-order valence-electron chi connectivity index (χ1n) is 5.60. The summed E-state index contributed by atoms with van der Waals surface area (Å²) in [7, 11) is 0. The molecule has 2 aromatic rings. The predicted molar refractivity (Wildman–Crippen MR) is 71.5 cm³/mol. The summed E-state index contributed by atoms with van der Waals surface area (Å²) in [6.07, 6.45) is 1.17. The van der Waals surface area contributed by atoms with Gasteiger partial charge in [-0.2, -0.15) is 0 Å². The number of hydrogen-bond acceptors (Lipinski definition) is 4. The number of carbonyl (C=O) groups is 1. The first kappa shape index (κ1) is 14.4. The number of ether oxygens (including phenoxy) is 1. The Labute approximate surface area is 121 Å². The summed E-state index contributed by atoms with van der Waals surface area (Å²) < 4.78 is 33.0. The average molecular weight is 346 g/mol. The van der Waals surface area contributed by atoms with Crippen molar-refractivity contribution < 1.29 is 18.3 Å². The van der Waals surface area contributed by atoms with Crippen molar-refractivity contribution >= 4 is 27.7 Å². The van der Waals surface area contributed by atoms with Crippen LogP contribution in [-0.2, 0) is 4.74 Å². The molecule has 0 saturated heterocycles. The molecule has 0 amide bonds. The van der Waals surface area contributed by atoms with Crippen molar-refractivity contribution in [3.8, 4) is 5.69 Å². The van der Waals surface area contributed by atoms with E-state index in [-0.39, 0.29) is 28.3 Å². The molecule has 0 unspecified atom stereocenters. The van der Waals surface area contributed by atoms with Crippen LogP contribution in [0.2, 0.25) is 0 Å². The van der Waals surface area contributed by atoms with E-state index >= 15 is 0 Å². The molecular weight excluding hydrogens is 336 g/mol. The normalized spacial score (nSPS) is 10.6. The molecule has 106 valence electrons. The quantitative estimate of drug-likeness (QED) is 0.685. The Morgan fingerprint density at radius 1 is 1.45 bits per heavy atom. The number of nitrogens with two attached hydrogens (primary N) is 1. The van der Waals surface area contributed by atoms with Crippen LogP contribution in [0.5, 0.6) is 0 Å². The third-order valence-electron chi connectivity index (χ3n) is 2.52. The smallest absolute Gasteiger partial charge is 0.360 e. The van der Waals surface area contributed by atoms with Crippen molar-refractivity contribution in [3.05, 3.63) is 40.3 Å². The molecule has 1 heterocycles. The molecule has 0 spiro atoms. The van der Waals surface area contributed by atoms with Gasteiger partial charge in [0.15, 0.2) is 5.69 Å². The van der Waals surface area contributed by atoms with Gasteiger partial charge in [0.05, 0.1) is 16.8 Å². The van der Waals surface area contributed by atoms with Crippen LogP contribution in [0.15, 0.2) is 22.9 Å². The Morgan fingerprint density at radius 3 is 2.80 bits per heavy atom. The minimum Gasteiger partial charge on any atom is -0.461 e. The Kier molecular flexibility index (Phi) is 4.03. The van der Waals surface area contributed by atoms with Crippen LogP contribution in [0.1, 0.15) is 17.4 Å². The number of esters is 1. The molecule has 5 nitrogen and oxygen atoms in total. The first-order valence-corrected chi connectivity index (χ1v) is 6.39. The molecule has 1 aromatic heterocycles. The Hall–Kier alpha value is -1.96. The second-order valence-electron chi connectivity index (χ2n) is 3.79. The van der Waals surface area contributed by atoms with E-state index < -0.39 is 17.6 Å². The lowest BCUT2D eigenvalue weighted by Gasteiger charge is -2.08. The summed E-state index contributed by atoms with van der Waals surface area (Å²) in [4.78, 5) is 15.4. The molecule has 0 aliphatic heterocycles. The SMILES string of the molecule is CCOC(=O)c1ncn(-c2cc(Br)c(F)cc2F)c1N. The fourth-order valence-electron chi connectivity index (χ4n) is 1.60. The van der Waals surface area contributed by atoms with Crippen molar-refractivity contribution in [3.63, 3.8) is 0 Å². The van der Waals surface area contributed by atoms with Crippen LogP contribution in [-0.4, -0.2) is 22.1 Å². The maximum absolute atomic E-state index is 13.8. The second-order valence-corrected chi connectivity index (χ2v) is 4.64. The molecule has 0 fully saturated rings. The lowest BCUT2D eigenvalue weighted by molar-refractivity contribution is 0.0521. The molecule has 2 rings (SSSR count). The zero-order valence-electron chi connectivity index (χ0n) is 10.4. The van der Waals surface area contributed by atoms with Gasteiger partial charge >= 0.3 is 5.97 Å². The summed E-state index contributed by atoms with van der Waals surface area (Å²) in [6.45, 7) is 1.81. The zero-order valence-corrected chi connectivity index (χ0v) is 11.9. The molecule has 1 aromatic carbocycles. The van der Waals surface area contributed by atoms with Crippen LogP contribution in [0, 0.1) is 11.6 Å². The monoisotopic (exact) mass is 345 g/mol. The molecular formula is C12H10BrF2N3O2. The lowest BCUT2D eigenvalue weighted by atomic mass is 10.3. The van der Waals surface area contributed by atoms with Crippen LogP contribution < -0.4 is 5.73 Å². The molecule has 20 heavy (non-hydrogen) atoms.